The first-order chi connectivity index (χ1) is 5.74. The van der Waals surface area contributed by atoms with Crippen LogP contribution in [0.2, 0.25) is 0 Å². The Kier molecular flexibility index (Phi) is 2.91. The quantitative estimate of drug-likeness (QED) is 0.734. The minimum atomic E-state index is 0.0256. The summed E-state index contributed by atoms with van der Waals surface area (Å²) >= 11 is 0. The maximum absolute atomic E-state index is 11.2. The molecule has 1 aromatic rings. The molecule has 0 spiro atoms. The van der Waals surface area contributed by atoms with Gasteiger partial charge in [0.1, 0.15) is 0 Å². The van der Waals surface area contributed by atoms with Gasteiger partial charge in [0.05, 0.1) is 0 Å². The summed E-state index contributed by atoms with van der Waals surface area (Å²) in [6.07, 6.45) is 3.79. The van der Waals surface area contributed by atoms with Crippen molar-refractivity contribution in [2.24, 2.45) is 0 Å². The molecular weight excluding hydrogens is 152 g/mol. The van der Waals surface area contributed by atoms with E-state index in [4.69, 9.17) is 5.73 Å². The highest BCUT2D eigenvalue weighted by molar-refractivity contribution is 5.33. The van der Waals surface area contributed by atoms with E-state index < -0.39 is 0 Å². The molecule has 0 aliphatic heterocycles. The predicted octanol–water partition coefficient (Wildman–Crippen LogP) is 1.23. The normalized spacial score (nSPS) is 10.1. The van der Waals surface area contributed by atoms with Gasteiger partial charge in [0.15, 0.2) is 0 Å². The van der Waals surface area contributed by atoms with Gasteiger partial charge in [0, 0.05) is 24.5 Å². The number of aryl methyl sites for hydroxylation is 1. The Balaban J connectivity index is 2.83. The van der Waals surface area contributed by atoms with E-state index in [1.165, 1.54) is 6.07 Å². The fourth-order valence-electron chi connectivity index (χ4n) is 1.05. The molecule has 0 aromatic carbocycles. The number of hydrogen-bond acceptors (Lipinski definition) is 2. The zero-order chi connectivity index (χ0) is 8.97. The number of rotatable bonds is 3. The third-order valence-corrected chi connectivity index (χ3v) is 1.76. The molecule has 3 heteroatoms. The van der Waals surface area contributed by atoms with E-state index in [2.05, 4.69) is 6.92 Å². The average Bonchev–Trinajstić information content (AvgIpc) is 2.07. The SMILES string of the molecule is CCCCn1cc(N)ccc1=O. The Morgan fingerprint density at radius 1 is 1.50 bits per heavy atom. The van der Waals surface area contributed by atoms with Gasteiger partial charge in [-0.1, -0.05) is 13.3 Å². The number of anilines is 1. The van der Waals surface area contributed by atoms with Crippen molar-refractivity contribution < 1.29 is 0 Å². The fraction of sp³-hybridized carbons (Fsp3) is 0.444. The summed E-state index contributed by atoms with van der Waals surface area (Å²) in [5.74, 6) is 0. The van der Waals surface area contributed by atoms with E-state index in [1.807, 2.05) is 0 Å². The number of nitrogen functional groups attached to an aromatic ring is 1. The average molecular weight is 166 g/mol. The van der Waals surface area contributed by atoms with Crippen molar-refractivity contribution >= 4 is 5.69 Å². The topological polar surface area (TPSA) is 48.0 Å². The first kappa shape index (κ1) is 8.84. The molecule has 66 valence electrons. The molecule has 0 saturated carbocycles. The van der Waals surface area contributed by atoms with E-state index in [0.29, 0.717) is 5.69 Å². The predicted molar refractivity (Wildman–Crippen MR) is 50.0 cm³/mol. The van der Waals surface area contributed by atoms with Crippen LogP contribution in [0.1, 0.15) is 19.8 Å². The van der Waals surface area contributed by atoms with Gasteiger partial charge in [-0.2, -0.15) is 0 Å². The maximum Gasteiger partial charge on any atom is 0.250 e. The standard InChI is InChI=1S/C9H14N2O/c1-2-3-6-11-7-8(10)4-5-9(11)12/h4-5,7H,2-3,6,10H2,1H3. The molecule has 1 rings (SSSR count). The van der Waals surface area contributed by atoms with Crippen molar-refractivity contribution in [3.05, 3.63) is 28.7 Å². The van der Waals surface area contributed by atoms with Crippen molar-refractivity contribution in [2.45, 2.75) is 26.3 Å². The maximum atomic E-state index is 11.2. The van der Waals surface area contributed by atoms with Crippen LogP contribution in [0.25, 0.3) is 0 Å². The lowest BCUT2D eigenvalue weighted by Crippen LogP contribution is -2.18. The largest absolute Gasteiger partial charge is 0.398 e. The number of hydrogen-bond donors (Lipinski definition) is 1. The smallest absolute Gasteiger partial charge is 0.250 e. The van der Waals surface area contributed by atoms with Crippen LogP contribution in [-0.4, -0.2) is 4.57 Å². The molecule has 0 radical (unpaired) electrons. The van der Waals surface area contributed by atoms with Gasteiger partial charge in [0.25, 0.3) is 5.56 Å². The molecule has 0 bridgehead atoms. The van der Waals surface area contributed by atoms with E-state index in [1.54, 1.807) is 16.8 Å². The minimum Gasteiger partial charge on any atom is -0.398 e. The summed E-state index contributed by atoms with van der Waals surface area (Å²) in [6, 6.07) is 3.13. The first-order valence-electron chi connectivity index (χ1n) is 4.20. The van der Waals surface area contributed by atoms with Crippen LogP contribution in [0.4, 0.5) is 5.69 Å². The summed E-state index contributed by atoms with van der Waals surface area (Å²) in [7, 11) is 0. The minimum absolute atomic E-state index is 0.0256. The molecule has 1 aromatic heterocycles. The highest BCUT2D eigenvalue weighted by Crippen LogP contribution is 1.97. The first-order valence-corrected chi connectivity index (χ1v) is 4.20. The molecule has 0 fully saturated rings. The fourth-order valence-corrected chi connectivity index (χ4v) is 1.05. The van der Waals surface area contributed by atoms with Crippen molar-refractivity contribution in [3.63, 3.8) is 0 Å². The Morgan fingerprint density at radius 3 is 2.92 bits per heavy atom. The lowest BCUT2D eigenvalue weighted by molar-refractivity contribution is 0.614. The van der Waals surface area contributed by atoms with E-state index in [0.717, 1.165) is 19.4 Å². The van der Waals surface area contributed by atoms with Gasteiger partial charge in [0.2, 0.25) is 0 Å². The number of unbranched alkanes of at least 4 members (excludes halogenated alkanes) is 1. The molecule has 0 aliphatic rings. The summed E-state index contributed by atoms with van der Waals surface area (Å²) in [4.78, 5) is 11.2. The van der Waals surface area contributed by atoms with Crippen LogP contribution in [-0.2, 0) is 6.54 Å². The van der Waals surface area contributed by atoms with Crippen LogP contribution in [0, 0.1) is 0 Å². The molecular formula is C9H14N2O. The van der Waals surface area contributed by atoms with Gasteiger partial charge in [-0.25, -0.2) is 0 Å². The van der Waals surface area contributed by atoms with E-state index in [-0.39, 0.29) is 5.56 Å². The molecule has 0 aliphatic carbocycles. The van der Waals surface area contributed by atoms with Gasteiger partial charge in [-0.05, 0) is 12.5 Å². The lowest BCUT2D eigenvalue weighted by Gasteiger charge is -2.03. The summed E-state index contributed by atoms with van der Waals surface area (Å²) in [5.41, 5.74) is 6.21. The summed E-state index contributed by atoms with van der Waals surface area (Å²) < 4.78 is 1.65. The van der Waals surface area contributed by atoms with Crippen LogP contribution >= 0.6 is 0 Å². The zero-order valence-corrected chi connectivity index (χ0v) is 7.29. The highest BCUT2D eigenvalue weighted by atomic mass is 16.1. The van der Waals surface area contributed by atoms with Crippen LogP contribution in [0.5, 0.6) is 0 Å². The van der Waals surface area contributed by atoms with E-state index in [9.17, 15) is 4.79 Å². The van der Waals surface area contributed by atoms with Crippen LogP contribution in [0.15, 0.2) is 23.1 Å². The highest BCUT2D eigenvalue weighted by Gasteiger charge is 1.94. The van der Waals surface area contributed by atoms with Crippen LogP contribution in [0.3, 0.4) is 0 Å². The van der Waals surface area contributed by atoms with Gasteiger partial charge < -0.3 is 10.3 Å². The van der Waals surface area contributed by atoms with Crippen molar-refractivity contribution in [1.29, 1.82) is 0 Å². The molecule has 1 heterocycles. The van der Waals surface area contributed by atoms with Crippen molar-refractivity contribution in [2.75, 3.05) is 5.73 Å². The van der Waals surface area contributed by atoms with Crippen molar-refractivity contribution in [1.82, 2.24) is 4.57 Å². The Bertz CT molecular complexity index is 304. The summed E-state index contributed by atoms with van der Waals surface area (Å²) in [5, 5.41) is 0. The molecule has 0 saturated heterocycles. The second-order valence-corrected chi connectivity index (χ2v) is 2.85. The number of aromatic nitrogens is 1. The second kappa shape index (κ2) is 3.95. The van der Waals surface area contributed by atoms with Gasteiger partial charge >= 0.3 is 0 Å². The Hall–Kier alpha value is -1.25. The van der Waals surface area contributed by atoms with E-state index >= 15 is 0 Å². The van der Waals surface area contributed by atoms with Crippen LogP contribution < -0.4 is 11.3 Å². The summed E-state index contributed by atoms with van der Waals surface area (Å²) in [6.45, 7) is 2.86. The zero-order valence-electron chi connectivity index (χ0n) is 7.29. The number of nitrogens with two attached hydrogens (primary N) is 1. The third-order valence-electron chi connectivity index (χ3n) is 1.76. The van der Waals surface area contributed by atoms with Gasteiger partial charge in [-0.15, -0.1) is 0 Å². The number of nitrogens with zero attached hydrogens (tertiary/aromatic N) is 1. The van der Waals surface area contributed by atoms with Gasteiger partial charge in [-0.3, -0.25) is 4.79 Å². The molecule has 0 amide bonds. The second-order valence-electron chi connectivity index (χ2n) is 2.85. The molecule has 0 unspecified atom stereocenters. The Morgan fingerprint density at radius 2 is 2.25 bits per heavy atom. The monoisotopic (exact) mass is 166 g/mol. The lowest BCUT2D eigenvalue weighted by atomic mass is 10.3. The molecule has 12 heavy (non-hydrogen) atoms. The van der Waals surface area contributed by atoms with Crippen molar-refractivity contribution in [3.8, 4) is 0 Å². The molecule has 0 atom stereocenters. The third kappa shape index (κ3) is 2.12. The Labute approximate surface area is 71.8 Å². The number of pyridine rings is 1. The molecule has 2 N–H and O–H groups in total. The molecule has 3 nitrogen and oxygen atoms in total.